The third-order valence-electron chi connectivity index (χ3n) is 6.46. The summed E-state index contributed by atoms with van der Waals surface area (Å²) in [6, 6.07) is 22.2. The van der Waals surface area contributed by atoms with E-state index >= 15 is 0 Å². The van der Waals surface area contributed by atoms with E-state index in [4.69, 9.17) is 0 Å². The zero-order chi connectivity index (χ0) is 27.7. The minimum Gasteiger partial charge on any atom is -0.354 e. The average molecular weight is 536 g/mol. The molecule has 3 aromatic rings. The molecule has 1 atom stereocenters. The van der Waals surface area contributed by atoms with Gasteiger partial charge in [-0.1, -0.05) is 79.6 Å². The number of benzene rings is 3. The number of nitrogens with zero attached hydrogens (tertiary/aromatic N) is 2. The molecule has 0 aliphatic rings. The molecule has 2 amide bonds. The van der Waals surface area contributed by atoms with Gasteiger partial charge in [-0.05, 0) is 56.5 Å². The van der Waals surface area contributed by atoms with Crippen LogP contribution in [0.1, 0.15) is 43.4 Å². The first kappa shape index (κ1) is 28.9. The van der Waals surface area contributed by atoms with Crippen LogP contribution in [-0.2, 0) is 26.2 Å². The van der Waals surface area contributed by atoms with E-state index in [9.17, 15) is 18.0 Å². The molecular weight excluding hydrogens is 498 g/mol. The van der Waals surface area contributed by atoms with Gasteiger partial charge in [0.05, 0.1) is 10.6 Å². The van der Waals surface area contributed by atoms with Crippen molar-refractivity contribution in [3.8, 4) is 0 Å². The number of amides is 2. The highest BCUT2D eigenvalue weighted by Gasteiger charge is 2.33. The van der Waals surface area contributed by atoms with Crippen molar-refractivity contribution in [2.24, 2.45) is 0 Å². The SMILES string of the molecule is CCCCNC(=O)[C@@H](C)N(Cc1ccccc1)C(=O)CN(c1ccccc1C)S(=O)(=O)c1ccc(C)cc1. The second-order valence-corrected chi connectivity index (χ2v) is 11.3. The number of sulfonamides is 1. The van der Waals surface area contributed by atoms with Crippen LogP contribution in [0.4, 0.5) is 5.69 Å². The van der Waals surface area contributed by atoms with Gasteiger partial charge in [-0.3, -0.25) is 13.9 Å². The fourth-order valence-corrected chi connectivity index (χ4v) is 5.57. The van der Waals surface area contributed by atoms with Crippen molar-refractivity contribution in [1.29, 1.82) is 0 Å². The molecular formula is C30H37N3O4S. The first-order valence-electron chi connectivity index (χ1n) is 12.9. The Bertz CT molecular complexity index is 1330. The number of anilines is 1. The van der Waals surface area contributed by atoms with E-state index in [1.54, 1.807) is 43.3 Å². The summed E-state index contributed by atoms with van der Waals surface area (Å²) < 4.78 is 28.9. The van der Waals surface area contributed by atoms with Gasteiger partial charge in [-0.2, -0.15) is 0 Å². The zero-order valence-corrected chi connectivity index (χ0v) is 23.4. The van der Waals surface area contributed by atoms with Crippen LogP contribution < -0.4 is 9.62 Å². The number of unbranched alkanes of at least 4 members (excludes halogenated alkanes) is 1. The van der Waals surface area contributed by atoms with E-state index in [-0.39, 0.29) is 17.3 Å². The molecule has 1 N–H and O–H groups in total. The lowest BCUT2D eigenvalue weighted by Crippen LogP contribution is -2.51. The second-order valence-electron chi connectivity index (χ2n) is 9.44. The molecule has 7 nitrogen and oxygen atoms in total. The molecule has 0 aliphatic heterocycles. The molecule has 0 aromatic heterocycles. The number of para-hydroxylation sites is 1. The molecule has 202 valence electrons. The predicted octanol–water partition coefficient (Wildman–Crippen LogP) is 4.83. The number of hydrogen-bond acceptors (Lipinski definition) is 4. The van der Waals surface area contributed by atoms with Gasteiger partial charge in [0.2, 0.25) is 11.8 Å². The Hall–Kier alpha value is -3.65. The van der Waals surface area contributed by atoms with Crippen molar-refractivity contribution in [2.75, 3.05) is 17.4 Å². The van der Waals surface area contributed by atoms with Crippen molar-refractivity contribution in [2.45, 2.75) is 58.0 Å². The fourth-order valence-electron chi connectivity index (χ4n) is 4.09. The van der Waals surface area contributed by atoms with Gasteiger partial charge in [0.1, 0.15) is 12.6 Å². The monoisotopic (exact) mass is 535 g/mol. The lowest BCUT2D eigenvalue weighted by atomic mass is 10.1. The molecule has 38 heavy (non-hydrogen) atoms. The van der Waals surface area contributed by atoms with Crippen LogP contribution in [0.25, 0.3) is 0 Å². The number of carbonyl (C=O) groups is 2. The first-order valence-corrected chi connectivity index (χ1v) is 14.3. The molecule has 3 rings (SSSR count). The van der Waals surface area contributed by atoms with Crippen LogP contribution >= 0.6 is 0 Å². The highest BCUT2D eigenvalue weighted by Crippen LogP contribution is 2.27. The summed E-state index contributed by atoms with van der Waals surface area (Å²) in [5.41, 5.74) is 2.91. The summed E-state index contributed by atoms with van der Waals surface area (Å²) in [5, 5.41) is 2.90. The van der Waals surface area contributed by atoms with Crippen molar-refractivity contribution >= 4 is 27.5 Å². The Morgan fingerprint density at radius 1 is 0.895 bits per heavy atom. The zero-order valence-electron chi connectivity index (χ0n) is 22.6. The number of aryl methyl sites for hydroxylation is 2. The van der Waals surface area contributed by atoms with E-state index in [1.165, 1.54) is 4.90 Å². The summed E-state index contributed by atoms with van der Waals surface area (Å²) in [6.45, 7) is 7.65. The maximum absolute atomic E-state index is 13.9. The van der Waals surface area contributed by atoms with E-state index in [2.05, 4.69) is 5.32 Å². The minimum atomic E-state index is -4.07. The Morgan fingerprint density at radius 3 is 2.16 bits per heavy atom. The molecule has 0 saturated heterocycles. The molecule has 0 bridgehead atoms. The summed E-state index contributed by atoms with van der Waals surface area (Å²) in [4.78, 5) is 28.4. The van der Waals surface area contributed by atoms with Crippen molar-refractivity contribution < 1.29 is 18.0 Å². The number of rotatable bonds is 12. The van der Waals surface area contributed by atoms with Gasteiger partial charge in [-0.15, -0.1) is 0 Å². The highest BCUT2D eigenvalue weighted by atomic mass is 32.2. The quantitative estimate of drug-likeness (QED) is 0.337. The van der Waals surface area contributed by atoms with Crippen molar-refractivity contribution in [3.05, 3.63) is 95.6 Å². The normalized spacial score (nSPS) is 12.0. The molecule has 0 spiro atoms. The molecule has 8 heteroatoms. The summed E-state index contributed by atoms with van der Waals surface area (Å²) in [7, 11) is -4.07. The fraction of sp³-hybridized carbons (Fsp3) is 0.333. The number of carbonyl (C=O) groups excluding carboxylic acids is 2. The maximum atomic E-state index is 13.9. The molecule has 0 saturated carbocycles. The van der Waals surface area contributed by atoms with Crippen LogP contribution in [0.5, 0.6) is 0 Å². The topological polar surface area (TPSA) is 86.8 Å². The van der Waals surface area contributed by atoms with Crippen molar-refractivity contribution in [1.82, 2.24) is 10.2 Å². The molecule has 0 aliphatic carbocycles. The highest BCUT2D eigenvalue weighted by molar-refractivity contribution is 7.92. The Balaban J connectivity index is 1.99. The van der Waals surface area contributed by atoms with Gasteiger partial charge in [-0.25, -0.2) is 8.42 Å². The van der Waals surface area contributed by atoms with Crippen LogP contribution in [-0.4, -0.2) is 44.3 Å². The standard InChI is InChI=1S/C30H37N3O4S/c1-5-6-20-31-30(35)25(4)32(21-26-13-8-7-9-14-26)29(34)22-33(28-15-11-10-12-24(28)3)38(36,37)27-18-16-23(2)17-19-27/h7-19,25H,5-6,20-22H2,1-4H3,(H,31,35)/t25-/m1/s1. The minimum absolute atomic E-state index is 0.0964. The Morgan fingerprint density at radius 2 is 1.53 bits per heavy atom. The average Bonchev–Trinajstić information content (AvgIpc) is 2.91. The smallest absolute Gasteiger partial charge is 0.264 e. The number of hydrogen-bond donors (Lipinski definition) is 1. The van der Waals surface area contributed by atoms with Gasteiger partial charge >= 0.3 is 0 Å². The van der Waals surface area contributed by atoms with Gasteiger partial charge in [0, 0.05) is 13.1 Å². The predicted molar refractivity (Wildman–Crippen MR) is 151 cm³/mol. The largest absolute Gasteiger partial charge is 0.354 e. The van der Waals surface area contributed by atoms with Gasteiger partial charge < -0.3 is 10.2 Å². The number of nitrogens with one attached hydrogen (secondary N) is 1. The summed E-state index contributed by atoms with van der Waals surface area (Å²) in [5.74, 6) is -0.738. The van der Waals surface area contributed by atoms with E-state index in [0.717, 1.165) is 33.8 Å². The Kier molecular flexibility index (Phi) is 10.1. The summed E-state index contributed by atoms with van der Waals surface area (Å²) >= 11 is 0. The van der Waals surface area contributed by atoms with E-state index in [1.807, 2.05) is 63.2 Å². The molecule has 3 aromatic carbocycles. The molecule has 0 unspecified atom stereocenters. The Labute approximate surface area is 226 Å². The summed E-state index contributed by atoms with van der Waals surface area (Å²) in [6.07, 6.45) is 1.77. The van der Waals surface area contributed by atoms with Crippen LogP contribution in [0.2, 0.25) is 0 Å². The second kappa shape index (κ2) is 13.2. The van der Waals surface area contributed by atoms with Gasteiger partial charge in [0.25, 0.3) is 10.0 Å². The van der Waals surface area contributed by atoms with Crippen LogP contribution in [0.15, 0.2) is 83.8 Å². The third-order valence-corrected chi connectivity index (χ3v) is 8.24. The van der Waals surface area contributed by atoms with Crippen LogP contribution in [0.3, 0.4) is 0 Å². The molecule has 0 fully saturated rings. The maximum Gasteiger partial charge on any atom is 0.264 e. The first-order chi connectivity index (χ1) is 18.1. The van der Waals surface area contributed by atoms with Crippen molar-refractivity contribution in [3.63, 3.8) is 0 Å². The lowest BCUT2D eigenvalue weighted by molar-refractivity contribution is -0.139. The van der Waals surface area contributed by atoms with Gasteiger partial charge in [0.15, 0.2) is 0 Å². The molecule has 0 radical (unpaired) electrons. The third kappa shape index (κ3) is 7.22. The van der Waals surface area contributed by atoms with E-state index < -0.39 is 28.5 Å². The van der Waals surface area contributed by atoms with Crippen LogP contribution in [0, 0.1) is 13.8 Å². The molecule has 0 heterocycles. The van der Waals surface area contributed by atoms with E-state index in [0.29, 0.717) is 12.2 Å². The lowest BCUT2D eigenvalue weighted by Gasteiger charge is -2.32.